The molecule has 0 bridgehead atoms. The molecule has 0 fully saturated rings. The largest absolute Gasteiger partial charge is 0.494 e. The minimum atomic E-state index is -0.335. The van der Waals surface area contributed by atoms with Gasteiger partial charge in [0.2, 0.25) is 0 Å². The van der Waals surface area contributed by atoms with E-state index in [9.17, 15) is 9.59 Å². The minimum absolute atomic E-state index is 0.297. The van der Waals surface area contributed by atoms with Gasteiger partial charge in [-0.2, -0.15) is 0 Å². The molecule has 26 heavy (non-hydrogen) atoms. The molecule has 5 heteroatoms. The number of nitrogens with zero attached hydrogens (tertiary/aromatic N) is 1. The Kier molecular flexibility index (Phi) is 5.07. The van der Waals surface area contributed by atoms with Crippen LogP contribution in [-0.4, -0.2) is 30.4 Å². The lowest BCUT2D eigenvalue weighted by atomic mass is 10.0. The van der Waals surface area contributed by atoms with Crippen molar-refractivity contribution in [2.24, 2.45) is 0 Å². The first-order chi connectivity index (χ1) is 12.5. The van der Waals surface area contributed by atoms with Gasteiger partial charge in [-0.3, -0.25) is 14.5 Å². The number of imide groups is 1. The summed E-state index contributed by atoms with van der Waals surface area (Å²) in [6.07, 6.45) is 0.945. The van der Waals surface area contributed by atoms with E-state index in [-0.39, 0.29) is 11.8 Å². The van der Waals surface area contributed by atoms with Crippen LogP contribution in [-0.2, 0) is 16.0 Å². The molecule has 0 saturated carbocycles. The molecule has 1 aliphatic rings. The predicted molar refractivity (Wildman–Crippen MR) is 102 cm³/mol. The van der Waals surface area contributed by atoms with Crippen LogP contribution in [0.4, 0.5) is 5.69 Å². The van der Waals surface area contributed by atoms with Crippen molar-refractivity contribution in [1.82, 2.24) is 4.90 Å². The molecule has 0 atom stereocenters. The van der Waals surface area contributed by atoms with Crippen molar-refractivity contribution in [2.45, 2.75) is 20.3 Å². The molecular formula is C21H22N2O3. The fraction of sp³-hybridized carbons (Fsp3) is 0.238. The molecule has 0 aliphatic carbocycles. The Hall–Kier alpha value is -3.08. The van der Waals surface area contributed by atoms with Crippen LogP contribution in [0.5, 0.6) is 5.75 Å². The number of anilines is 1. The molecule has 2 amide bonds. The summed E-state index contributed by atoms with van der Waals surface area (Å²) in [5.41, 5.74) is 3.34. The summed E-state index contributed by atoms with van der Waals surface area (Å²) in [5.74, 6) is 0.0805. The lowest BCUT2D eigenvalue weighted by molar-refractivity contribution is -0.135. The SMILES string of the molecule is CCOc1ccc(C2=C(Nc3ccc(CC)cc3)C(=O)N(C)C2=O)cc1. The average molecular weight is 350 g/mol. The van der Waals surface area contributed by atoms with Crippen LogP contribution in [0.15, 0.2) is 54.2 Å². The highest BCUT2D eigenvalue weighted by Gasteiger charge is 2.36. The van der Waals surface area contributed by atoms with Gasteiger partial charge >= 0.3 is 0 Å². The predicted octanol–water partition coefficient (Wildman–Crippen LogP) is 3.47. The zero-order valence-electron chi connectivity index (χ0n) is 15.2. The second kappa shape index (κ2) is 7.44. The highest BCUT2D eigenvalue weighted by atomic mass is 16.5. The van der Waals surface area contributed by atoms with Crippen molar-refractivity contribution in [3.05, 3.63) is 65.4 Å². The normalized spacial score (nSPS) is 14.2. The maximum atomic E-state index is 12.6. The molecule has 0 saturated heterocycles. The summed E-state index contributed by atoms with van der Waals surface area (Å²) in [6, 6.07) is 15.0. The molecule has 1 aliphatic heterocycles. The molecule has 2 aromatic carbocycles. The quantitative estimate of drug-likeness (QED) is 0.811. The van der Waals surface area contributed by atoms with Gasteiger partial charge in [0.15, 0.2) is 0 Å². The first-order valence-electron chi connectivity index (χ1n) is 8.71. The van der Waals surface area contributed by atoms with E-state index in [4.69, 9.17) is 4.74 Å². The van der Waals surface area contributed by atoms with Crippen LogP contribution >= 0.6 is 0 Å². The second-order valence-electron chi connectivity index (χ2n) is 6.05. The van der Waals surface area contributed by atoms with Crippen LogP contribution in [0.25, 0.3) is 5.57 Å². The summed E-state index contributed by atoms with van der Waals surface area (Å²) in [6.45, 7) is 4.57. The van der Waals surface area contributed by atoms with Gasteiger partial charge in [0.25, 0.3) is 11.8 Å². The van der Waals surface area contributed by atoms with E-state index in [1.165, 1.54) is 12.6 Å². The van der Waals surface area contributed by atoms with Crippen molar-refractivity contribution >= 4 is 23.1 Å². The number of amides is 2. The van der Waals surface area contributed by atoms with Gasteiger partial charge in [0.1, 0.15) is 11.4 Å². The van der Waals surface area contributed by atoms with Crippen LogP contribution in [0, 0.1) is 0 Å². The summed E-state index contributed by atoms with van der Waals surface area (Å²) in [5, 5.41) is 3.13. The number of aryl methyl sites for hydroxylation is 1. The maximum Gasteiger partial charge on any atom is 0.277 e. The van der Waals surface area contributed by atoms with E-state index in [1.807, 2.05) is 31.2 Å². The van der Waals surface area contributed by atoms with E-state index < -0.39 is 0 Å². The average Bonchev–Trinajstić information content (AvgIpc) is 2.87. The number of carbonyl (C=O) groups is 2. The first kappa shape index (κ1) is 17.7. The third kappa shape index (κ3) is 3.33. The first-order valence-corrected chi connectivity index (χ1v) is 8.71. The molecule has 1 N–H and O–H groups in total. The van der Waals surface area contributed by atoms with E-state index in [1.54, 1.807) is 24.3 Å². The van der Waals surface area contributed by atoms with Crippen molar-refractivity contribution in [2.75, 3.05) is 19.0 Å². The second-order valence-corrected chi connectivity index (χ2v) is 6.05. The van der Waals surface area contributed by atoms with E-state index in [0.717, 1.165) is 22.8 Å². The molecule has 134 valence electrons. The van der Waals surface area contributed by atoms with Crippen molar-refractivity contribution in [1.29, 1.82) is 0 Å². The Balaban J connectivity index is 1.98. The topological polar surface area (TPSA) is 58.6 Å². The van der Waals surface area contributed by atoms with Gasteiger partial charge in [-0.25, -0.2) is 0 Å². The van der Waals surface area contributed by atoms with Crippen molar-refractivity contribution in [3.63, 3.8) is 0 Å². The lowest BCUT2D eigenvalue weighted by Crippen LogP contribution is -2.27. The van der Waals surface area contributed by atoms with Crippen LogP contribution in [0.3, 0.4) is 0 Å². The van der Waals surface area contributed by atoms with Gasteiger partial charge in [-0.15, -0.1) is 0 Å². The number of rotatable bonds is 6. The standard InChI is InChI=1S/C21H22N2O3/c1-4-14-6-10-16(11-7-14)22-19-18(20(24)23(3)21(19)25)15-8-12-17(13-9-15)26-5-2/h6-13,22H,4-5H2,1-3H3. The number of hydrogen-bond acceptors (Lipinski definition) is 4. The number of benzene rings is 2. The van der Waals surface area contributed by atoms with Gasteiger partial charge in [-0.05, 0) is 48.7 Å². The third-order valence-corrected chi connectivity index (χ3v) is 4.37. The summed E-state index contributed by atoms with van der Waals surface area (Å²) in [4.78, 5) is 26.3. The number of ether oxygens (including phenoxy) is 1. The Morgan fingerprint density at radius 1 is 0.923 bits per heavy atom. The molecular weight excluding hydrogens is 328 g/mol. The Morgan fingerprint density at radius 3 is 2.15 bits per heavy atom. The van der Waals surface area contributed by atoms with Crippen molar-refractivity contribution in [3.8, 4) is 5.75 Å². The summed E-state index contributed by atoms with van der Waals surface area (Å²) in [7, 11) is 1.49. The molecule has 0 radical (unpaired) electrons. The third-order valence-electron chi connectivity index (χ3n) is 4.37. The highest BCUT2D eigenvalue weighted by Crippen LogP contribution is 2.30. The molecule has 2 aromatic rings. The Labute approximate surface area is 153 Å². The van der Waals surface area contributed by atoms with E-state index >= 15 is 0 Å². The number of hydrogen-bond donors (Lipinski definition) is 1. The molecule has 0 spiro atoms. The van der Waals surface area contributed by atoms with Crippen LogP contribution < -0.4 is 10.1 Å². The highest BCUT2D eigenvalue weighted by molar-refractivity contribution is 6.36. The molecule has 0 unspecified atom stereocenters. The van der Waals surface area contributed by atoms with Gasteiger partial charge in [0, 0.05) is 12.7 Å². The molecule has 5 nitrogen and oxygen atoms in total. The fourth-order valence-electron chi connectivity index (χ4n) is 2.88. The van der Waals surface area contributed by atoms with Crippen LogP contribution in [0.2, 0.25) is 0 Å². The van der Waals surface area contributed by atoms with Gasteiger partial charge in [0.05, 0.1) is 12.2 Å². The molecule has 1 heterocycles. The molecule has 3 rings (SSSR count). The van der Waals surface area contributed by atoms with Crippen molar-refractivity contribution < 1.29 is 14.3 Å². The minimum Gasteiger partial charge on any atom is -0.494 e. The monoisotopic (exact) mass is 350 g/mol. The van der Waals surface area contributed by atoms with Gasteiger partial charge < -0.3 is 10.1 Å². The zero-order valence-corrected chi connectivity index (χ0v) is 15.2. The van der Waals surface area contributed by atoms with E-state index in [2.05, 4.69) is 12.2 Å². The number of carbonyl (C=O) groups excluding carboxylic acids is 2. The molecule has 0 aromatic heterocycles. The maximum absolute atomic E-state index is 12.6. The number of nitrogens with one attached hydrogen (secondary N) is 1. The smallest absolute Gasteiger partial charge is 0.277 e. The summed E-state index contributed by atoms with van der Waals surface area (Å²) < 4.78 is 5.44. The Bertz CT molecular complexity index is 852. The van der Waals surface area contributed by atoms with Gasteiger partial charge in [-0.1, -0.05) is 31.2 Å². The number of likely N-dealkylation sites (N-methyl/N-ethyl adjacent to an activating group) is 1. The van der Waals surface area contributed by atoms with E-state index in [0.29, 0.717) is 23.4 Å². The fourth-order valence-corrected chi connectivity index (χ4v) is 2.88. The lowest BCUT2D eigenvalue weighted by Gasteiger charge is -2.09. The van der Waals surface area contributed by atoms with Crippen LogP contribution in [0.1, 0.15) is 25.0 Å². The zero-order chi connectivity index (χ0) is 18.7. The summed E-state index contributed by atoms with van der Waals surface area (Å²) >= 11 is 0. The Morgan fingerprint density at radius 2 is 1.58 bits per heavy atom.